The quantitative estimate of drug-likeness (QED) is 0.788. The van der Waals surface area contributed by atoms with Crippen LogP contribution in [0.1, 0.15) is 5.82 Å². The lowest BCUT2D eigenvalue weighted by molar-refractivity contribution is 0.383. The first-order chi connectivity index (χ1) is 12.3. The topological polar surface area (TPSA) is 69.6 Å². The molecule has 1 fully saturated rings. The summed E-state index contributed by atoms with van der Waals surface area (Å²) in [4.78, 5) is 13.2. The zero-order valence-electron chi connectivity index (χ0n) is 15.1. The number of rotatable bonds is 4. The van der Waals surface area contributed by atoms with E-state index in [1.54, 1.807) is 24.3 Å². The molecule has 7 nitrogen and oxygen atoms in total. The van der Waals surface area contributed by atoms with Gasteiger partial charge in [0.05, 0.1) is 4.90 Å². The first-order valence-corrected chi connectivity index (χ1v) is 10.1. The van der Waals surface area contributed by atoms with Crippen LogP contribution in [0.15, 0.2) is 35.2 Å². The SMILES string of the molecule is Cc1nc(N(C)C)cc(N2CCN(S(=O)(=O)c3ccc(Cl)cc3)CC2)n1. The van der Waals surface area contributed by atoms with E-state index in [-0.39, 0.29) is 4.90 Å². The van der Waals surface area contributed by atoms with Gasteiger partial charge in [0.25, 0.3) is 0 Å². The van der Waals surface area contributed by atoms with Gasteiger partial charge in [0.1, 0.15) is 17.5 Å². The van der Waals surface area contributed by atoms with Gasteiger partial charge >= 0.3 is 0 Å². The Morgan fingerprint density at radius 3 is 2.23 bits per heavy atom. The summed E-state index contributed by atoms with van der Waals surface area (Å²) >= 11 is 5.85. The molecule has 2 heterocycles. The van der Waals surface area contributed by atoms with E-state index < -0.39 is 10.0 Å². The van der Waals surface area contributed by atoms with E-state index in [1.807, 2.05) is 32.0 Å². The molecule has 140 valence electrons. The molecule has 26 heavy (non-hydrogen) atoms. The van der Waals surface area contributed by atoms with Crippen LogP contribution < -0.4 is 9.80 Å². The van der Waals surface area contributed by atoms with E-state index in [1.165, 1.54) is 4.31 Å². The summed E-state index contributed by atoms with van der Waals surface area (Å²) in [5, 5.41) is 0.518. The summed E-state index contributed by atoms with van der Waals surface area (Å²) in [6, 6.07) is 8.20. The third-order valence-electron chi connectivity index (χ3n) is 4.28. The van der Waals surface area contributed by atoms with Gasteiger partial charge in [-0.15, -0.1) is 0 Å². The number of aromatic nitrogens is 2. The van der Waals surface area contributed by atoms with Gasteiger partial charge in [-0.25, -0.2) is 18.4 Å². The van der Waals surface area contributed by atoms with Crippen LogP contribution in [0.3, 0.4) is 0 Å². The summed E-state index contributed by atoms with van der Waals surface area (Å²) in [7, 11) is 0.358. The highest BCUT2D eigenvalue weighted by Gasteiger charge is 2.29. The van der Waals surface area contributed by atoms with Gasteiger partial charge < -0.3 is 9.80 Å². The molecule has 0 radical (unpaired) electrons. The second kappa shape index (κ2) is 7.38. The third kappa shape index (κ3) is 3.92. The van der Waals surface area contributed by atoms with Crippen molar-refractivity contribution in [2.45, 2.75) is 11.8 Å². The van der Waals surface area contributed by atoms with Gasteiger partial charge in [-0.1, -0.05) is 11.6 Å². The van der Waals surface area contributed by atoms with Crippen LogP contribution in [-0.2, 0) is 10.0 Å². The maximum absolute atomic E-state index is 12.8. The fraction of sp³-hybridized carbons (Fsp3) is 0.412. The number of sulfonamides is 1. The summed E-state index contributed by atoms with van der Waals surface area (Å²) in [5.41, 5.74) is 0. The van der Waals surface area contributed by atoms with Crippen LogP contribution in [0.25, 0.3) is 0 Å². The molecule has 3 rings (SSSR count). The third-order valence-corrected chi connectivity index (χ3v) is 6.45. The normalized spacial score (nSPS) is 15.9. The van der Waals surface area contributed by atoms with Crippen LogP contribution in [-0.4, -0.2) is 63.0 Å². The summed E-state index contributed by atoms with van der Waals surface area (Å²) in [6.07, 6.45) is 0. The van der Waals surface area contributed by atoms with Gasteiger partial charge in [0, 0.05) is 51.4 Å². The van der Waals surface area contributed by atoms with Crippen molar-refractivity contribution in [1.29, 1.82) is 0 Å². The van der Waals surface area contributed by atoms with Gasteiger partial charge in [-0.3, -0.25) is 0 Å². The Bertz CT molecular complexity index is 879. The van der Waals surface area contributed by atoms with E-state index in [0.717, 1.165) is 11.6 Å². The highest BCUT2D eigenvalue weighted by molar-refractivity contribution is 7.89. The average Bonchev–Trinajstić information content (AvgIpc) is 2.61. The van der Waals surface area contributed by atoms with Gasteiger partial charge in [-0.05, 0) is 31.2 Å². The van der Waals surface area contributed by atoms with Crippen molar-refractivity contribution in [3.05, 3.63) is 41.2 Å². The Balaban J connectivity index is 1.74. The zero-order chi connectivity index (χ0) is 18.9. The minimum absolute atomic E-state index is 0.267. The highest BCUT2D eigenvalue weighted by atomic mass is 35.5. The molecule has 1 aromatic carbocycles. The number of piperazine rings is 1. The minimum Gasteiger partial charge on any atom is -0.363 e. The molecule has 1 aliphatic rings. The van der Waals surface area contributed by atoms with Crippen molar-refractivity contribution in [3.8, 4) is 0 Å². The van der Waals surface area contributed by atoms with Crippen LogP contribution in [0.2, 0.25) is 5.02 Å². The number of halogens is 1. The van der Waals surface area contributed by atoms with E-state index in [4.69, 9.17) is 11.6 Å². The predicted octanol–water partition coefficient (Wildman–Crippen LogP) is 2.02. The van der Waals surface area contributed by atoms with Crippen molar-refractivity contribution in [1.82, 2.24) is 14.3 Å². The number of benzene rings is 1. The molecule has 0 aliphatic carbocycles. The fourth-order valence-corrected chi connectivity index (χ4v) is 4.39. The monoisotopic (exact) mass is 395 g/mol. The fourth-order valence-electron chi connectivity index (χ4n) is 2.84. The lowest BCUT2D eigenvalue weighted by Gasteiger charge is -2.35. The van der Waals surface area contributed by atoms with Crippen molar-refractivity contribution in [2.75, 3.05) is 50.1 Å². The Morgan fingerprint density at radius 2 is 1.65 bits per heavy atom. The van der Waals surface area contributed by atoms with Gasteiger partial charge in [-0.2, -0.15) is 4.31 Å². The molecule has 0 N–H and O–H groups in total. The standard InChI is InChI=1S/C17H22ClN5O2S/c1-13-19-16(21(2)3)12-17(20-13)22-8-10-23(11-9-22)26(24,25)15-6-4-14(18)5-7-15/h4-7,12H,8-11H2,1-3H3. The maximum Gasteiger partial charge on any atom is 0.243 e. The second-order valence-electron chi connectivity index (χ2n) is 6.37. The molecule has 1 aromatic heterocycles. The average molecular weight is 396 g/mol. The molecular formula is C17H22ClN5O2S. The van der Waals surface area contributed by atoms with Crippen LogP contribution in [0.4, 0.5) is 11.6 Å². The molecular weight excluding hydrogens is 374 g/mol. The first kappa shape index (κ1) is 18.9. The van der Waals surface area contributed by atoms with Crippen molar-refractivity contribution < 1.29 is 8.42 Å². The predicted molar refractivity (Wildman–Crippen MR) is 104 cm³/mol. The molecule has 2 aromatic rings. The lowest BCUT2D eigenvalue weighted by atomic mass is 10.3. The molecule has 0 unspecified atom stereocenters. The van der Waals surface area contributed by atoms with Gasteiger partial charge in [0.15, 0.2) is 0 Å². The van der Waals surface area contributed by atoms with E-state index in [9.17, 15) is 8.42 Å². The number of anilines is 2. The highest BCUT2D eigenvalue weighted by Crippen LogP contribution is 2.23. The Morgan fingerprint density at radius 1 is 1.04 bits per heavy atom. The zero-order valence-corrected chi connectivity index (χ0v) is 16.6. The van der Waals surface area contributed by atoms with E-state index in [2.05, 4.69) is 14.9 Å². The smallest absolute Gasteiger partial charge is 0.243 e. The van der Waals surface area contributed by atoms with E-state index in [0.29, 0.717) is 37.0 Å². The largest absolute Gasteiger partial charge is 0.363 e. The van der Waals surface area contributed by atoms with Crippen LogP contribution in [0.5, 0.6) is 0 Å². The molecule has 0 atom stereocenters. The van der Waals surface area contributed by atoms with Crippen LogP contribution >= 0.6 is 11.6 Å². The molecule has 0 bridgehead atoms. The summed E-state index contributed by atoms with van der Waals surface area (Å²) < 4.78 is 27.1. The Kier molecular flexibility index (Phi) is 5.36. The number of nitrogens with zero attached hydrogens (tertiary/aromatic N) is 5. The minimum atomic E-state index is -3.51. The number of hydrogen-bond donors (Lipinski definition) is 0. The molecule has 9 heteroatoms. The second-order valence-corrected chi connectivity index (χ2v) is 8.75. The van der Waals surface area contributed by atoms with Gasteiger partial charge in [0.2, 0.25) is 10.0 Å². The molecule has 0 saturated carbocycles. The molecule has 0 spiro atoms. The Hall–Kier alpha value is -1.90. The molecule has 1 aliphatic heterocycles. The maximum atomic E-state index is 12.8. The Labute approximate surface area is 159 Å². The first-order valence-electron chi connectivity index (χ1n) is 8.31. The summed E-state index contributed by atoms with van der Waals surface area (Å²) in [5.74, 6) is 2.36. The van der Waals surface area contributed by atoms with Crippen molar-refractivity contribution >= 4 is 33.3 Å². The van der Waals surface area contributed by atoms with Crippen molar-refractivity contribution in [3.63, 3.8) is 0 Å². The number of hydrogen-bond acceptors (Lipinski definition) is 6. The number of aryl methyl sites for hydroxylation is 1. The van der Waals surface area contributed by atoms with Crippen LogP contribution in [0, 0.1) is 6.92 Å². The van der Waals surface area contributed by atoms with Crippen molar-refractivity contribution in [2.24, 2.45) is 0 Å². The van der Waals surface area contributed by atoms with E-state index >= 15 is 0 Å². The molecule has 1 saturated heterocycles. The lowest BCUT2D eigenvalue weighted by Crippen LogP contribution is -2.49. The summed E-state index contributed by atoms with van der Waals surface area (Å²) in [6.45, 7) is 3.83. The molecule has 0 amide bonds.